The molecule has 0 spiro atoms. The Morgan fingerprint density at radius 2 is 2.08 bits per heavy atom. The van der Waals surface area contributed by atoms with Gasteiger partial charge in [-0.25, -0.2) is 4.68 Å². The van der Waals surface area contributed by atoms with Crippen LogP contribution in [0.1, 0.15) is 29.5 Å². The van der Waals surface area contributed by atoms with E-state index in [1.165, 1.54) is 0 Å². The highest BCUT2D eigenvalue weighted by Gasteiger charge is 2.30. The van der Waals surface area contributed by atoms with Gasteiger partial charge >= 0.3 is 0 Å². The second-order valence-corrected chi connectivity index (χ2v) is 6.32. The van der Waals surface area contributed by atoms with Crippen LogP contribution in [-0.2, 0) is 0 Å². The summed E-state index contributed by atoms with van der Waals surface area (Å²) in [5, 5.41) is 14.2. The Balaban J connectivity index is 1.79. The van der Waals surface area contributed by atoms with E-state index >= 15 is 0 Å². The van der Waals surface area contributed by atoms with Crippen molar-refractivity contribution in [2.75, 3.05) is 20.2 Å². The number of aryl methyl sites for hydroxylation is 1. The highest BCUT2D eigenvalue weighted by Crippen LogP contribution is 2.22. The highest BCUT2D eigenvalue weighted by atomic mass is 16.5. The molecule has 1 aromatic heterocycles. The van der Waals surface area contributed by atoms with Crippen LogP contribution < -0.4 is 4.74 Å². The van der Waals surface area contributed by atoms with Crippen molar-refractivity contribution in [2.45, 2.75) is 26.4 Å². The fourth-order valence-electron chi connectivity index (χ4n) is 3.09. The first-order valence-corrected chi connectivity index (χ1v) is 8.18. The van der Waals surface area contributed by atoms with Gasteiger partial charge in [0.15, 0.2) is 5.69 Å². The maximum absolute atomic E-state index is 12.7. The zero-order valence-electron chi connectivity index (χ0n) is 14.3. The van der Waals surface area contributed by atoms with Crippen molar-refractivity contribution in [3.05, 3.63) is 41.7 Å². The predicted molar refractivity (Wildman–Crippen MR) is 90.5 cm³/mol. The Morgan fingerprint density at radius 1 is 1.38 bits per heavy atom. The molecule has 1 amide bonds. The lowest BCUT2D eigenvalue weighted by Gasteiger charge is -2.16. The largest absolute Gasteiger partial charge is 0.497 e. The molecule has 128 valence electrons. The smallest absolute Gasteiger partial charge is 0.274 e. The number of rotatable bonds is 4. The number of likely N-dealkylation sites (tertiary alicyclic amines) is 1. The molecule has 0 radical (unpaired) electrons. The minimum Gasteiger partial charge on any atom is -0.497 e. The van der Waals surface area contributed by atoms with E-state index in [0.717, 1.165) is 23.6 Å². The number of nitrogens with zero attached hydrogens (tertiary/aromatic N) is 3. The number of carbonyl (C=O) groups excluding carboxylic acids is 1. The molecule has 1 aliphatic heterocycles. The maximum Gasteiger partial charge on any atom is 0.274 e. The fourth-order valence-corrected chi connectivity index (χ4v) is 3.09. The van der Waals surface area contributed by atoms with Crippen LogP contribution >= 0.6 is 0 Å². The summed E-state index contributed by atoms with van der Waals surface area (Å²) in [5.74, 6) is 0.855. The number of ether oxygens (including phenoxy) is 1. The van der Waals surface area contributed by atoms with Crippen molar-refractivity contribution in [3.63, 3.8) is 0 Å². The van der Waals surface area contributed by atoms with Crippen molar-refractivity contribution in [1.29, 1.82) is 0 Å². The molecule has 2 heterocycles. The molecule has 2 aromatic rings. The Kier molecular flexibility index (Phi) is 4.57. The van der Waals surface area contributed by atoms with Crippen molar-refractivity contribution < 1.29 is 14.6 Å². The van der Waals surface area contributed by atoms with Crippen LogP contribution in [0, 0.1) is 12.8 Å². The summed E-state index contributed by atoms with van der Waals surface area (Å²) >= 11 is 0. The first-order valence-electron chi connectivity index (χ1n) is 8.18. The van der Waals surface area contributed by atoms with Crippen LogP contribution in [0.25, 0.3) is 5.69 Å². The van der Waals surface area contributed by atoms with E-state index in [1.807, 2.05) is 37.3 Å². The lowest BCUT2D eigenvalue weighted by atomic mass is 10.0. The van der Waals surface area contributed by atoms with Crippen LogP contribution in [-0.4, -0.2) is 52.0 Å². The number of hydrogen-bond donors (Lipinski definition) is 1. The lowest BCUT2D eigenvalue weighted by Crippen LogP contribution is -2.30. The number of aromatic nitrogens is 2. The van der Waals surface area contributed by atoms with Crippen LogP contribution in [0.2, 0.25) is 0 Å². The molecule has 3 rings (SSSR count). The second-order valence-electron chi connectivity index (χ2n) is 6.32. The van der Waals surface area contributed by atoms with Gasteiger partial charge in [0.1, 0.15) is 5.75 Å². The van der Waals surface area contributed by atoms with Gasteiger partial charge in [-0.15, -0.1) is 0 Å². The molecule has 1 saturated heterocycles. The summed E-state index contributed by atoms with van der Waals surface area (Å²) < 4.78 is 6.92. The molecule has 1 N–H and O–H groups in total. The van der Waals surface area contributed by atoms with Gasteiger partial charge in [-0.3, -0.25) is 4.79 Å². The molecule has 6 nitrogen and oxygen atoms in total. The Hall–Kier alpha value is -2.34. The Bertz CT molecular complexity index is 722. The zero-order valence-corrected chi connectivity index (χ0v) is 14.3. The normalized spacial score (nSPS) is 18.7. The minimum absolute atomic E-state index is 0.0755. The molecular weight excluding hydrogens is 306 g/mol. The minimum atomic E-state index is -0.388. The standard InChI is InChI=1S/C18H23N3O3/c1-12-10-17(18(23)20-9-8-14(11-20)13(2)22)19-21(12)15-4-6-16(24-3)7-5-15/h4-7,10,13-14,22H,8-9,11H2,1-3H3. The van der Waals surface area contributed by atoms with Gasteiger partial charge in [0.05, 0.1) is 18.9 Å². The molecule has 0 aliphatic carbocycles. The third-order valence-corrected chi connectivity index (χ3v) is 4.62. The average molecular weight is 329 g/mol. The molecule has 1 fully saturated rings. The number of amides is 1. The third kappa shape index (κ3) is 3.14. The van der Waals surface area contributed by atoms with Gasteiger partial charge in [-0.05, 0) is 50.6 Å². The van der Waals surface area contributed by atoms with Crippen LogP contribution in [0.15, 0.2) is 30.3 Å². The lowest BCUT2D eigenvalue weighted by molar-refractivity contribution is 0.0756. The molecule has 0 saturated carbocycles. The van der Waals surface area contributed by atoms with Crippen LogP contribution in [0.5, 0.6) is 5.75 Å². The summed E-state index contributed by atoms with van der Waals surface area (Å²) in [7, 11) is 1.63. The molecule has 2 unspecified atom stereocenters. The van der Waals surface area contributed by atoms with Gasteiger partial charge in [-0.1, -0.05) is 0 Å². The number of methoxy groups -OCH3 is 1. The molecule has 0 bridgehead atoms. The Morgan fingerprint density at radius 3 is 2.67 bits per heavy atom. The third-order valence-electron chi connectivity index (χ3n) is 4.62. The summed E-state index contributed by atoms with van der Waals surface area (Å²) in [6.07, 6.45) is 0.447. The van der Waals surface area contributed by atoms with Gasteiger partial charge < -0.3 is 14.7 Å². The molecule has 1 aliphatic rings. The Labute approximate surface area is 141 Å². The van der Waals surface area contributed by atoms with E-state index in [1.54, 1.807) is 23.6 Å². The quantitative estimate of drug-likeness (QED) is 0.932. The zero-order chi connectivity index (χ0) is 17.3. The molecule has 1 aromatic carbocycles. The van der Waals surface area contributed by atoms with Gasteiger partial charge in [0, 0.05) is 24.7 Å². The summed E-state index contributed by atoms with van der Waals surface area (Å²) in [6, 6.07) is 9.36. The average Bonchev–Trinajstić information content (AvgIpc) is 3.21. The van der Waals surface area contributed by atoms with E-state index < -0.39 is 0 Å². The fraction of sp³-hybridized carbons (Fsp3) is 0.444. The van der Waals surface area contributed by atoms with E-state index in [9.17, 15) is 9.90 Å². The summed E-state index contributed by atoms with van der Waals surface area (Å²) in [4.78, 5) is 14.4. The number of carbonyl (C=O) groups is 1. The highest BCUT2D eigenvalue weighted by molar-refractivity contribution is 5.92. The second kappa shape index (κ2) is 6.65. The van der Waals surface area contributed by atoms with E-state index in [-0.39, 0.29) is 17.9 Å². The number of hydrogen-bond acceptors (Lipinski definition) is 4. The number of aliphatic hydroxyl groups excluding tert-OH is 1. The SMILES string of the molecule is COc1ccc(-n2nc(C(=O)N3CCC(C(C)O)C3)cc2C)cc1. The van der Waals surface area contributed by atoms with E-state index in [2.05, 4.69) is 5.10 Å². The first-order chi connectivity index (χ1) is 11.5. The van der Waals surface area contributed by atoms with Gasteiger partial charge in [0.25, 0.3) is 5.91 Å². The molecular formula is C18H23N3O3. The van der Waals surface area contributed by atoms with E-state index in [4.69, 9.17) is 4.74 Å². The van der Waals surface area contributed by atoms with Gasteiger partial charge in [-0.2, -0.15) is 5.10 Å². The topological polar surface area (TPSA) is 67.6 Å². The summed E-state index contributed by atoms with van der Waals surface area (Å²) in [5.41, 5.74) is 2.22. The van der Waals surface area contributed by atoms with Crippen molar-refractivity contribution in [2.24, 2.45) is 5.92 Å². The maximum atomic E-state index is 12.7. The van der Waals surface area contributed by atoms with Crippen molar-refractivity contribution >= 4 is 5.91 Å². The number of benzene rings is 1. The van der Waals surface area contributed by atoms with Crippen molar-refractivity contribution in [3.8, 4) is 11.4 Å². The number of aliphatic hydroxyl groups is 1. The predicted octanol–water partition coefficient (Wildman–Crippen LogP) is 2.03. The molecule has 6 heteroatoms. The van der Waals surface area contributed by atoms with Crippen LogP contribution in [0.3, 0.4) is 0 Å². The first kappa shape index (κ1) is 16.5. The summed E-state index contributed by atoms with van der Waals surface area (Å²) in [6.45, 7) is 4.96. The van der Waals surface area contributed by atoms with E-state index in [0.29, 0.717) is 18.8 Å². The monoisotopic (exact) mass is 329 g/mol. The van der Waals surface area contributed by atoms with Crippen LogP contribution in [0.4, 0.5) is 0 Å². The van der Waals surface area contributed by atoms with Gasteiger partial charge in [0.2, 0.25) is 0 Å². The van der Waals surface area contributed by atoms with Crippen molar-refractivity contribution in [1.82, 2.24) is 14.7 Å². The molecule has 24 heavy (non-hydrogen) atoms. The molecule has 2 atom stereocenters.